The maximum Gasteiger partial charge on any atom is 0.260 e. The summed E-state index contributed by atoms with van der Waals surface area (Å²) >= 11 is 1.36. The van der Waals surface area contributed by atoms with E-state index in [1.165, 1.54) is 15.7 Å². The van der Waals surface area contributed by atoms with Crippen molar-refractivity contribution in [2.45, 2.75) is 31.2 Å². The normalized spacial score (nSPS) is 17.9. The molecule has 1 aliphatic rings. The number of rotatable bonds is 5. The summed E-state index contributed by atoms with van der Waals surface area (Å²) in [5.74, 6) is 0.0562. The molecule has 0 aromatic carbocycles. The van der Waals surface area contributed by atoms with Gasteiger partial charge >= 0.3 is 0 Å². The quantitative estimate of drug-likeness (QED) is 0.874. The van der Waals surface area contributed by atoms with Crippen LogP contribution in [0.25, 0.3) is 4.96 Å². The molecule has 0 spiro atoms. The zero-order chi connectivity index (χ0) is 13.7. The van der Waals surface area contributed by atoms with Crippen molar-refractivity contribution in [3.8, 4) is 0 Å². The van der Waals surface area contributed by atoms with Crippen molar-refractivity contribution < 1.29 is 8.42 Å². The Labute approximate surface area is 115 Å². The SMILES string of the molecule is CCC1(CNS(=O)(=O)c2c(N)nc3sccn23)CC1. The Balaban J connectivity index is 1.91. The predicted octanol–water partition coefficient (Wildman–Crippen LogP) is 1.45. The van der Waals surface area contributed by atoms with Crippen LogP contribution in [0.4, 0.5) is 5.82 Å². The van der Waals surface area contributed by atoms with Crippen LogP contribution in [0.3, 0.4) is 0 Å². The first-order valence-corrected chi connectivity index (χ1v) is 8.54. The first-order chi connectivity index (χ1) is 8.97. The number of nitrogen functional groups attached to an aromatic ring is 1. The van der Waals surface area contributed by atoms with E-state index in [2.05, 4.69) is 16.6 Å². The Morgan fingerprint density at radius 1 is 1.58 bits per heavy atom. The number of imidazole rings is 1. The molecule has 0 atom stereocenters. The van der Waals surface area contributed by atoms with E-state index in [9.17, 15) is 8.42 Å². The molecule has 104 valence electrons. The largest absolute Gasteiger partial charge is 0.381 e. The van der Waals surface area contributed by atoms with Gasteiger partial charge in [0.2, 0.25) is 0 Å². The topological polar surface area (TPSA) is 89.5 Å². The van der Waals surface area contributed by atoms with Crippen LogP contribution in [0.15, 0.2) is 16.6 Å². The molecule has 2 aromatic rings. The van der Waals surface area contributed by atoms with E-state index in [0.717, 1.165) is 19.3 Å². The Bertz CT molecular complexity index is 712. The number of nitrogens with two attached hydrogens (primary N) is 1. The van der Waals surface area contributed by atoms with Gasteiger partial charge in [-0.1, -0.05) is 6.92 Å². The van der Waals surface area contributed by atoms with E-state index < -0.39 is 10.0 Å². The number of nitrogens with one attached hydrogen (secondary N) is 1. The molecule has 0 bridgehead atoms. The van der Waals surface area contributed by atoms with Gasteiger partial charge in [0, 0.05) is 18.1 Å². The number of thiazole rings is 1. The molecule has 1 aliphatic carbocycles. The first kappa shape index (κ1) is 12.9. The molecule has 0 amide bonds. The van der Waals surface area contributed by atoms with Crippen molar-refractivity contribution in [1.82, 2.24) is 14.1 Å². The van der Waals surface area contributed by atoms with Crippen LogP contribution in [-0.4, -0.2) is 24.3 Å². The minimum absolute atomic E-state index is 0.0515. The fourth-order valence-electron chi connectivity index (χ4n) is 2.20. The van der Waals surface area contributed by atoms with E-state index in [1.807, 2.05) is 0 Å². The van der Waals surface area contributed by atoms with Crippen LogP contribution in [0.2, 0.25) is 0 Å². The number of hydrogen-bond donors (Lipinski definition) is 2. The van der Waals surface area contributed by atoms with E-state index >= 15 is 0 Å². The molecule has 0 aliphatic heterocycles. The second-order valence-corrected chi connectivity index (χ2v) is 7.59. The number of hydrogen-bond acceptors (Lipinski definition) is 5. The summed E-state index contributed by atoms with van der Waals surface area (Å²) in [6.45, 7) is 2.56. The molecule has 2 heterocycles. The van der Waals surface area contributed by atoms with Crippen molar-refractivity contribution in [3.05, 3.63) is 11.6 Å². The van der Waals surface area contributed by atoms with E-state index in [4.69, 9.17) is 5.73 Å². The molecule has 2 aromatic heterocycles. The van der Waals surface area contributed by atoms with E-state index in [1.54, 1.807) is 11.6 Å². The van der Waals surface area contributed by atoms with Gasteiger partial charge in [-0.05, 0) is 24.7 Å². The third kappa shape index (κ3) is 2.13. The fraction of sp³-hybridized carbons (Fsp3) is 0.545. The average molecular weight is 300 g/mol. The smallest absolute Gasteiger partial charge is 0.260 e. The lowest BCUT2D eigenvalue weighted by Gasteiger charge is -2.13. The predicted molar refractivity (Wildman–Crippen MR) is 74.6 cm³/mol. The monoisotopic (exact) mass is 300 g/mol. The second kappa shape index (κ2) is 4.19. The fourth-order valence-corrected chi connectivity index (χ4v) is 4.34. The third-order valence-corrected chi connectivity index (χ3v) is 6.04. The van der Waals surface area contributed by atoms with Crippen molar-refractivity contribution in [2.24, 2.45) is 5.41 Å². The third-order valence-electron chi connectivity index (χ3n) is 3.84. The van der Waals surface area contributed by atoms with Crippen LogP contribution in [0, 0.1) is 5.41 Å². The summed E-state index contributed by atoms with van der Waals surface area (Å²) in [6.07, 6.45) is 4.83. The summed E-state index contributed by atoms with van der Waals surface area (Å²) in [5.41, 5.74) is 5.88. The maximum atomic E-state index is 12.4. The van der Waals surface area contributed by atoms with Crippen molar-refractivity contribution >= 4 is 32.1 Å². The number of aromatic nitrogens is 2. The highest BCUT2D eigenvalue weighted by Crippen LogP contribution is 2.48. The minimum atomic E-state index is -3.62. The first-order valence-electron chi connectivity index (χ1n) is 6.18. The van der Waals surface area contributed by atoms with Gasteiger partial charge in [0.05, 0.1) is 0 Å². The zero-order valence-electron chi connectivity index (χ0n) is 10.6. The summed E-state index contributed by atoms with van der Waals surface area (Å²) in [5, 5.41) is 1.84. The van der Waals surface area contributed by atoms with Crippen molar-refractivity contribution in [3.63, 3.8) is 0 Å². The van der Waals surface area contributed by atoms with Gasteiger partial charge in [-0.25, -0.2) is 18.1 Å². The Morgan fingerprint density at radius 3 is 2.95 bits per heavy atom. The molecule has 0 saturated heterocycles. The average Bonchev–Trinajstić information content (AvgIpc) is 2.90. The lowest BCUT2D eigenvalue weighted by molar-refractivity contribution is 0.475. The molecule has 1 saturated carbocycles. The molecular formula is C11H16N4O2S2. The molecular weight excluding hydrogens is 284 g/mol. The van der Waals surface area contributed by atoms with Gasteiger partial charge in [0.15, 0.2) is 15.8 Å². The molecule has 3 N–H and O–H groups in total. The summed E-state index contributed by atoms with van der Waals surface area (Å²) in [6, 6.07) is 0. The molecule has 1 fully saturated rings. The van der Waals surface area contributed by atoms with Crippen LogP contribution >= 0.6 is 11.3 Å². The van der Waals surface area contributed by atoms with Gasteiger partial charge in [0.1, 0.15) is 0 Å². The number of fused-ring (bicyclic) bond motifs is 1. The molecule has 0 unspecified atom stereocenters. The molecule has 3 rings (SSSR count). The van der Waals surface area contributed by atoms with Gasteiger partial charge in [-0.15, -0.1) is 11.3 Å². The van der Waals surface area contributed by atoms with Crippen LogP contribution < -0.4 is 10.5 Å². The highest BCUT2D eigenvalue weighted by atomic mass is 32.2. The Kier molecular flexibility index (Phi) is 2.84. The van der Waals surface area contributed by atoms with Crippen molar-refractivity contribution in [1.29, 1.82) is 0 Å². The Hall–Kier alpha value is -1.12. The standard InChI is InChI=1S/C11H16N4O2S2/c1-2-11(3-4-11)7-13-19(16,17)9-8(12)14-10-15(9)5-6-18-10/h5-6,13H,2-4,7,12H2,1H3. The summed E-state index contributed by atoms with van der Waals surface area (Å²) < 4.78 is 28.9. The molecule has 8 heteroatoms. The number of anilines is 1. The number of sulfonamides is 1. The van der Waals surface area contributed by atoms with Crippen LogP contribution in [-0.2, 0) is 10.0 Å². The second-order valence-electron chi connectivity index (χ2n) is 5.04. The summed E-state index contributed by atoms with van der Waals surface area (Å²) in [7, 11) is -3.62. The highest BCUT2D eigenvalue weighted by molar-refractivity contribution is 7.89. The molecule has 19 heavy (non-hydrogen) atoms. The lowest BCUT2D eigenvalue weighted by Crippen LogP contribution is -2.31. The van der Waals surface area contributed by atoms with Gasteiger partial charge in [-0.2, -0.15) is 0 Å². The lowest BCUT2D eigenvalue weighted by atomic mass is 10.1. The number of nitrogens with zero attached hydrogens (tertiary/aromatic N) is 2. The molecule has 6 nitrogen and oxygen atoms in total. The highest BCUT2D eigenvalue weighted by Gasteiger charge is 2.41. The Morgan fingerprint density at radius 2 is 2.32 bits per heavy atom. The molecule has 0 radical (unpaired) electrons. The van der Waals surface area contributed by atoms with Crippen molar-refractivity contribution in [2.75, 3.05) is 12.3 Å². The van der Waals surface area contributed by atoms with Crippen LogP contribution in [0.1, 0.15) is 26.2 Å². The zero-order valence-corrected chi connectivity index (χ0v) is 12.2. The van der Waals surface area contributed by atoms with Gasteiger partial charge in [-0.3, -0.25) is 4.40 Å². The van der Waals surface area contributed by atoms with E-state index in [0.29, 0.717) is 11.5 Å². The minimum Gasteiger partial charge on any atom is -0.381 e. The summed E-state index contributed by atoms with van der Waals surface area (Å²) in [4.78, 5) is 4.65. The van der Waals surface area contributed by atoms with E-state index in [-0.39, 0.29) is 16.3 Å². The van der Waals surface area contributed by atoms with Gasteiger partial charge < -0.3 is 5.73 Å². The van der Waals surface area contributed by atoms with Crippen LogP contribution in [0.5, 0.6) is 0 Å². The maximum absolute atomic E-state index is 12.4. The van der Waals surface area contributed by atoms with Gasteiger partial charge in [0.25, 0.3) is 10.0 Å².